The number of urea groups is 1. The van der Waals surface area contributed by atoms with E-state index in [0.717, 1.165) is 36.7 Å². The van der Waals surface area contributed by atoms with Crippen LogP contribution in [0.15, 0.2) is 34.5 Å². The summed E-state index contributed by atoms with van der Waals surface area (Å²) >= 11 is 0. The number of carbonyl (C=O) groups is 3. The maximum atomic E-state index is 13.2. The first-order valence-electron chi connectivity index (χ1n) is 9.42. The van der Waals surface area contributed by atoms with E-state index in [4.69, 9.17) is 17.6 Å². The molecule has 0 aromatic heterocycles. The van der Waals surface area contributed by atoms with Crippen LogP contribution in [0.3, 0.4) is 0 Å². The van der Waals surface area contributed by atoms with Crippen molar-refractivity contribution in [3.63, 3.8) is 0 Å². The third kappa shape index (κ3) is 2.49. The number of terminal acetylenes is 2. The number of ether oxygens (including phenoxy) is 1. The number of hydrogen-bond donors (Lipinski definition) is 0. The summed E-state index contributed by atoms with van der Waals surface area (Å²) in [5.41, 5.74) is -1.16. The zero-order chi connectivity index (χ0) is 21.8. The number of nitrogens with zero attached hydrogens (tertiary/aromatic N) is 4. The maximum Gasteiger partial charge on any atom is 0.335 e. The Morgan fingerprint density at radius 1 is 1.06 bits per heavy atom. The molecule has 8 heteroatoms. The monoisotopic (exact) mass is 410 g/mol. The molecule has 1 spiro atoms. The van der Waals surface area contributed by atoms with E-state index in [1.165, 1.54) is 0 Å². The van der Waals surface area contributed by atoms with E-state index in [1.807, 2.05) is 18.2 Å². The fourth-order valence-electron chi connectivity index (χ4n) is 4.07. The van der Waals surface area contributed by atoms with E-state index in [9.17, 15) is 14.4 Å². The van der Waals surface area contributed by atoms with Crippen LogP contribution in [0.25, 0.3) is 23.0 Å². The van der Waals surface area contributed by atoms with Crippen LogP contribution >= 0.6 is 0 Å². The van der Waals surface area contributed by atoms with E-state index in [2.05, 4.69) is 22.1 Å². The standard InChI is InChI=1S/C23H14N4O4/c1-3-9-26-20(28)23(21(29)27(10-4-2)22(26)30)8-7-16-17-11-15-13-24-25-18(15)12-14(17)5-6-19(16)31-23/h1-2,5-7,11-13H,8-10H2. The van der Waals surface area contributed by atoms with Crippen LogP contribution in [0.5, 0.6) is 5.75 Å². The van der Waals surface area contributed by atoms with Gasteiger partial charge in [0.05, 0.1) is 25.0 Å². The van der Waals surface area contributed by atoms with Crippen LogP contribution in [0, 0.1) is 24.7 Å². The van der Waals surface area contributed by atoms with Gasteiger partial charge in [0.1, 0.15) is 5.75 Å². The molecule has 5 rings (SSSR count). The molecule has 0 atom stereocenters. The van der Waals surface area contributed by atoms with Gasteiger partial charge in [-0.25, -0.2) is 14.6 Å². The molecule has 1 saturated heterocycles. The van der Waals surface area contributed by atoms with Gasteiger partial charge in [-0.05, 0) is 29.0 Å². The molecule has 2 aromatic carbocycles. The second-order valence-corrected chi connectivity index (χ2v) is 7.26. The van der Waals surface area contributed by atoms with Crippen molar-refractivity contribution in [1.82, 2.24) is 9.80 Å². The van der Waals surface area contributed by atoms with Crippen LogP contribution in [-0.2, 0) is 9.59 Å². The number of barbiturate groups is 1. The van der Waals surface area contributed by atoms with E-state index < -0.39 is 23.4 Å². The smallest absolute Gasteiger partial charge is 0.335 e. The molecule has 1 fully saturated rings. The van der Waals surface area contributed by atoms with Crippen molar-refractivity contribution < 1.29 is 19.1 Å². The van der Waals surface area contributed by atoms with Gasteiger partial charge >= 0.3 is 6.03 Å². The van der Waals surface area contributed by atoms with Gasteiger partial charge in [0.2, 0.25) is 0 Å². The first-order valence-corrected chi connectivity index (χ1v) is 9.42. The topological polar surface area (TPSA) is 91.6 Å². The summed E-state index contributed by atoms with van der Waals surface area (Å²) < 4.78 is 6.05. The van der Waals surface area contributed by atoms with Crippen molar-refractivity contribution in [2.24, 2.45) is 10.2 Å². The van der Waals surface area contributed by atoms with Gasteiger partial charge in [-0.3, -0.25) is 9.59 Å². The van der Waals surface area contributed by atoms with E-state index >= 15 is 0 Å². The fraction of sp³-hybridized carbons (Fsp3) is 0.174. The molecule has 3 aliphatic heterocycles. The van der Waals surface area contributed by atoms with Gasteiger partial charge in [0.15, 0.2) is 0 Å². The number of carbonyl (C=O) groups excluding carboxylic acids is 3. The molecule has 0 radical (unpaired) electrons. The van der Waals surface area contributed by atoms with E-state index in [1.54, 1.807) is 18.3 Å². The summed E-state index contributed by atoms with van der Waals surface area (Å²) in [6.45, 7) is -0.590. The molecule has 8 nitrogen and oxygen atoms in total. The number of benzene rings is 2. The Hall–Kier alpha value is -4.43. The summed E-state index contributed by atoms with van der Waals surface area (Å²) in [6.07, 6.45) is 14.0. The number of fused-ring (bicyclic) bond motifs is 4. The average Bonchev–Trinajstić information content (AvgIpc) is 3.24. The number of hydrogen-bond acceptors (Lipinski definition) is 6. The van der Waals surface area contributed by atoms with Crippen molar-refractivity contribution in [2.45, 2.75) is 12.0 Å². The highest BCUT2D eigenvalue weighted by molar-refractivity contribution is 6.22. The largest absolute Gasteiger partial charge is 0.466 e. The molecule has 150 valence electrons. The lowest BCUT2D eigenvalue weighted by molar-refractivity contribution is -0.165. The molecule has 0 N–H and O–H groups in total. The lowest BCUT2D eigenvalue weighted by Gasteiger charge is -2.43. The summed E-state index contributed by atoms with van der Waals surface area (Å²) in [5.74, 6) is 3.30. The highest BCUT2D eigenvalue weighted by Gasteiger charge is 2.59. The minimum atomic E-state index is -1.93. The quantitative estimate of drug-likeness (QED) is 0.546. The Balaban J connectivity index is 1.65. The van der Waals surface area contributed by atoms with Gasteiger partial charge in [-0.1, -0.05) is 24.0 Å². The van der Waals surface area contributed by atoms with Gasteiger partial charge in [-0.15, -0.1) is 12.8 Å². The third-order valence-electron chi connectivity index (χ3n) is 5.55. The summed E-state index contributed by atoms with van der Waals surface area (Å²) in [6, 6.07) is 6.50. The Morgan fingerprint density at radius 3 is 2.45 bits per heavy atom. The molecule has 3 aliphatic rings. The lowest BCUT2D eigenvalue weighted by Crippen LogP contribution is -2.71. The minimum Gasteiger partial charge on any atom is -0.466 e. The summed E-state index contributed by atoms with van der Waals surface area (Å²) in [7, 11) is 0. The zero-order valence-corrected chi connectivity index (χ0v) is 16.2. The van der Waals surface area contributed by atoms with Crippen molar-refractivity contribution in [3.05, 3.63) is 34.7 Å². The Kier molecular flexibility index (Phi) is 3.92. The second-order valence-electron chi connectivity index (χ2n) is 7.26. The van der Waals surface area contributed by atoms with E-state index in [-0.39, 0.29) is 19.5 Å². The Morgan fingerprint density at radius 2 is 1.77 bits per heavy atom. The first-order chi connectivity index (χ1) is 15.0. The number of imide groups is 2. The van der Waals surface area contributed by atoms with Crippen LogP contribution < -0.4 is 15.2 Å². The third-order valence-corrected chi connectivity index (χ3v) is 5.55. The summed E-state index contributed by atoms with van der Waals surface area (Å²) in [5, 5.41) is 11.4. The van der Waals surface area contributed by atoms with Crippen LogP contribution in [-0.4, -0.2) is 46.3 Å². The molecule has 0 aliphatic carbocycles. The van der Waals surface area contributed by atoms with Crippen molar-refractivity contribution in [3.8, 4) is 30.4 Å². The van der Waals surface area contributed by atoms with Crippen molar-refractivity contribution in [1.29, 1.82) is 0 Å². The molecule has 0 saturated carbocycles. The molecular weight excluding hydrogens is 396 g/mol. The highest BCUT2D eigenvalue weighted by Crippen LogP contribution is 2.33. The average molecular weight is 410 g/mol. The second kappa shape index (κ2) is 6.54. The molecule has 4 amide bonds. The molecule has 3 heterocycles. The maximum absolute atomic E-state index is 13.2. The Labute approximate surface area is 176 Å². The molecule has 0 bridgehead atoms. The van der Waals surface area contributed by atoms with Gasteiger partial charge < -0.3 is 4.74 Å². The lowest BCUT2D eigenvalue weighted by atomic mass is 9.89. The normalized spacial score (nSPS) is 18.1. The predicted molar refractivity (Wildman–Crippen MR) is 111 cm³/mol. The fourth-order valence-corrected chi connectivity index (χ4v) is 4.07. The SMILES string of the molecule is C#CCN1C(=O)N(CC#C)C(=O)C2(CC=c3c(ccc4cc5c(cc34)=CN=N5)O2)C1=O. The highest BCUT2D eigenvalue weighted by atomic mass is 16.5. The predicted octanol–water partition coefficient (Wildman–Crippen LogP) is 1.03. The van der Waals surface area contributed by atoms with Crippen LogP contribution in [0.1, 0.15) is 6.42 Å². The van der Waals surface area contributed by atoms with E-state index in [0.29, 0.717) is 5.75 Å². The minimum absolute atomic E-state index is 0.0677. The Bertz CT molecular complexity index is 1400. The number of amides is 4. The molecule has 2 aromatic rings. The zero-order valence-electron chi connectivity index (χ0n) is 16.2. The first kappa shape index (κ1) is 18.6. The van der Waals surface area contributed by atoms with Gasteiger partial charge in [-0.2, -0.15) is 10.2 Å². The number of rotatable bonds is 2. The molecule has 31 heavy (non-hydrogen) atoms. The van der Waals surface area contributed by atoms with Crippen molar-refractivity contribution in [2.75, 3.05) is 13.1 Å². The van der Waals surface area contributed by atoms with Crippen LogP contribution in [0.2, 0.25) is 0 Å². The van der Waals surface area contributed by atoms with Crippen molar-refractivity contribution >= 4 is 46.6 Å². The van der Waals surface area contributed by atoms with Crippen LogP contribution in [0.4, 0.5) is 10.5 Å². The van der Waals surface area contributed by atoms with Gasteiger partial charge in [0, 0.05) is 16.9 Å². The van der Waals surface area contributed by atoms with Gasteiger partial charge in [0.25, 0.3) is 17.4 Å². The number of azo groups is 1. The molecule has 0 unspecified atom stereocenters. The molecular formula is C23H14N4O4. The summed E-state index contributed by atoms with van der Waals surface area (Å²) in [4.78, 5) is 40.7.